The lowest BCUT2D eigenvalue weighted by molar-refractivity contribution is -0.151. The first kappa shape index (κ1) is 14.9. The molecule has 0 aromatic heterocycles. The molecule has 0 saturated carbocycles. The molecule has 2 rings (SSSR count). The lowest BCUT2D eigenvalue weighted by atomic mass is 10.2. The van der Waals surface area contributed by atoms with Gasteiger partial charge in [0.25, 0.3) is 0 Å². The maximum Gasteiger partial charge on any atom is 0.327 e. The molecular weight excluding hydrogens is 256 g/mol. The summed E-state index contributed by atoms with van der Waals surface area (Å²) in [5.74, 6) is 4.60. The smallest absolute Gasteiger partial charge is 0.327 e. The molecule has 0 amide bonds. The highest BCUT2D eigenvalue weighted by Gasteiger charge is 2.17. The Hall–Kier alpha value is -1.47. The van der Waals surface area contributed by atoms with Crippen LogP contribution in [0.25, 0.3) is 0 Å². The zero-order valence-corrected chi connectivity index (χ0v) is 11.6. The molecule has 0 aliphatic carbocycles. The molecule has 0 atom stereocenters. The van der Waals surface area contributed by atoms with E-state index in [1.165, 1.54) is 5.56 Å². The Morgan fingerprint density at radius 2 is 1.80 bits per heavy atom. The molecule has 0 radical (unpaired) electrons. The first-order chi connectivity index (χ1) is 9.78. The number of hydrazine groups is 1. The Morgan fingerprint density at radius 1 is 1.15 bits per heavy atom. The average molecular weight is 278 g/mol. The second-order valence-corrected chi connectivity index (χ2v) is 4.95. The first-order valence-electron chi connectivity index (χ1n) is 6.92. The summed E-state index contributed by atoms with van der Waals surface area (Å²) in [6, 6.07) is 10.5. The van der Waals surface area contributed by atoms with E-state index in [0.717, 1.165) is 39.3 Å². The highest BCUT2D eigenvalue weighted by atomic mass is 16.7. The zero-order chi connectivity index (χ0) is 14.2. The highest BCUT2D eigenvalue weighted by molar-refractivity contribution is 5.69. The molecule has 1 heterocycles. The summed E-state index contributed by atoms with van der Waals surface area (Å²) in [5.41, 5.74) is 3.26. The minimum absolute atomic E-state index is 0.320. The summed E-state index contributed by atoms with van der Waals surface area (Å²) in [7, 11) is 0. The number of hydrogen-bond acceptors (Lipinski definition) is 6. The van der Waals surface area contributed by atoms with Gasteiger partial charge in [0.15, 0.2) is 0 Å². The summed E-state index contributed by atoms with van der Waals surface area (Å²) in [4.78, 5) is 20.4. The molecule has 0 spiro atoms. The van der Waals surface area contributed by atoms with Crippen molar-refractivity contribution < 1.29 is 9.63 Å². The van der Waals surface area contributed by atoms with Crippen molar-refractivity contribution in [1.29, 1.82) is 0 Å². The Morgan fingerprint density at radius 3 is 2.45 bits per heavy atom. The lowest BCUT2D eigenvalue weighted by Crippen LogP contribution is -2.46. The average Bonchev–Trinajstić information content (AvgIpc) is 2.48. The second kappa shape index (κ2) is 7.96. The highest BCUT2D eigenvalue weighted by Crippen LogP contribution is 2.08. The van der Waals surface area contributed by atoms with Crippen molar-refractivity contribution in [1.82, 2.24) is 15.4 Å². The van der Waals surface area contributed by atoms with E-state index in [1.807, 2.05) is 11.7 Å². The molecule has 6 nitrogen and oxygen atoms in total. The minimum Gasteiger partial charge on any atom is -0.356 e. The van der Waals surface area contributed by atoms with Crippen LogP contribution in [0.1, 0.15) is 12.0 Å². The molecule has 1 aromatic rings. The quantitative estimate of drug-likeness (QED) is 0.569. The Bertz CT molecular complexity index is 405. The van der Waals surface area contributed by atoms with Gasteiger partial charge in [0.05, 0.1) is 6.42 Å². The molecule has 6 heteroatoms. The summed E-state index contributed by atoms with van der Waals surface area (Å²) < 4.78 is 0. The van der Waals surface area contributed by atoms with Gasteiger partial charge in [0, 0.05) is 39.3 Å². The van der Waals surface area contributed by atoms with Gasteiger partial charge in [0.2, 0.25) is 0 Å². The Kier molecular flexibility index (Phi) is 5.94. The van der Waals surface area contributed by atoms with Crippen molar-refractivity contribution in [2.24, 2.45) is 5.84 Å². The zero-order valence-electron chi connectivity index (χ0n) is 11.6. The second-order valence-electron chi connectivity index (χ2n) is 4.95. The van der Waals surface area contributed by atoms with Crippen LogP contribution in [0.3, 0.4) is 0 Å². The summed E-state index contributed by atoms with van der Waals surface area (Å²) in [6.07, 6.45) is 0.364. The lowest BCUT2D eigenvalue weighted by Gasteiger charge is -2.34. The van der Waals surface area contributed by atoms with Gasteiger partial charge >= 0.3 is 5.97 Å². The van der Waals surface area contributed by atoms with Crippen molar-refractivity contribution in [2.45, 2.75) is 13.0 Å². The van der Waals surface area contributed by atoms with E-state index < -0.39 is 0 Å². The van der Waals surface area contributed by atoms with Crippen LogP contribution in [0.2, 0.25) is 0 Å². The maximum atomic E-state index is 11.2. The third kappa shape index (κ3) is 4.90. The number of piperazine rings is 1. The number of benzene rings is 1. The molecule has 1 aliphatic heterocycles. The van der Waals surface area contributed by atoms with Crippen molar-refractivity contribution >= 4 is 5.97 Å². The molecule has 1 aromatic carbocycles. The fourth-order valence-corrected chi connectivity index (χ4v) is 2.38. The van der Waals surface area contributed by atoms with Crippen LogP contribution in [0.4, 0.5) is 0 Å². The van der Waals surface area contributed by atoms with Gasteiger partial charge in [-0.1, -0.05) is 35.9 Å². The molecule has 1 aliphatic rings. The van der Waals surface area contributed by atoms with Crippen LogP contribution in [0.15, 0.2) is 30.3 Å². The number of hydrogen-bond donors (Lipinski definition) is 2. The van der Waals surface area contributed by atoms with Gasteiger partial charge in [-0.05, 0) is 5.56 Å². The van der Waals surface area contributed by atoms with Gasteiger partial charge in [-0.3, -0.25) is 9.69 Å². The van der Waals surface area contributed by atoms with Gasteiger partial charge in [-0.15, -0.1) is 0 Å². The van der Waals surface area contributed by atoms with E-state index in [4.69, 9.17) is 5.84 Å². The van der Waals surface area contributed by atoms with E-state index >= 15 is 0 Å². The molecule has 20 heavy (non-hydrogen) atoms. The fourth-order valence-electron chi connectivity index (χ4n) is 2.38. The van der Waals surface area contributed by atoms with Gasteiger partial charge in [-0.25, -0.2) is 5.84 Å². The van der Waals surface area contributed by atoms with Crippen LogP contribution in [0, 0.1) is 0 Å². The van der Waals surface area contributed by atoms with Crippen molar-refractivity contribution in [3.05, 3.63) is 35.9 Å². The standard InChI is InChI=1S/C14H22N4O2/c15-16-20-14(19)6-7-17-8-10-18(11-9-17)12-13-4-2-1-3-5-13/h1-5,16H,6-12,15H2. The summed E-state index contributed by atoms with van der Waals surface area (Å²) in [6.45, 7) is 5.73. The molecular formula is C14H22N4O2. The summed E-state index contributed by atoms with van der Waals surface area (Å²) in [5, 5.41) is 0. The fraction of sp³-hybridized carbons (Fsp3) is 0.500. The molecule has 1 fully saturated rings. The number of carbonyl (C=O) groups is 1. The number of nitrogens with one attached hydrogen (secondary N) is 1. The molecule has 110 valence electrons. The van der Waals surface area contributed by atoms with E-state index in [9.17, 15) is 4.79 Å². The monoisotopic (exact) mass is 278 g/mol. The largest absolute Gasteiger partial charge is 0.356 e. The Labute approximate surface area is 119 Å². The van der Waals surface area contributed by atoms with E-state index in [-0.39, 0.29) is 5.97 Å². The third-order valence-corrected chi connectivity index (χ3v) is 3.52. The van der Waals surface area contributed by atoms with E-state index in [2.05, 4.69) is 38.9 Å². The number of nitrogens with zero attached hydrogens (tertiary/aromatic N) is 2. The van der Waals surface area contributed by atoms with Gasteiger partial charge in [-0.2, -0.15) is 0 Å². The third-order valence-electron chi connectivity index (χ3n) is 3.52. The molecule has 3 N–H and O–H groups in total. The Balaban J connectivity index is 1.66. The first-order valence-corrected chi connectivity index (χ1v) is 6.92. The van der Waals surface area contributed by atoms with Crippen LogP contribution in [-0.4, -0.2) is 48.5 Å². The van der Waals surface area contributed by atoms with E-state index in [1.54, 1.807) is 0 Å². The number of rotatable bonds is 6. The molecule has 0 unspecified atom stereocenters. The van der Waals surface area contributed by atoms with Gasteiger partial charge < -0.3 is 9.74 Å². The molecule has 1 saturated heterocycles. The summed E-state index contributed by atoms with van der Waals surface area (Å²) >= 11 is 0. The minimum atomic E-state index is -0.320. The van der Waals surface area contributed by atoms with Crippen LogP contribution in [-0.2, 0) is 16.2 Å². The normalized spacial score (nSPS) is 17.1. The SMILES string of the molecule is NNOC(=O)CCN1CCN(Cc2ccccc2)CC1. The number of carbonyl (C=O) groups excluding carboxylic acids is 1. The maximum absolute atomic E-state index is 11.2. The van der Waals surface area contributed by atoms with Crippen LogP contribution in [0.5, 0.6) is 0 Å². The van der Waals surface area contributed by atoms with E-state index in [0.29, 0.717) is 6.42 Å². The predicted molar refractivity (Wildman–Crippen MR) is 76.2 cm³/mol. The molecule has 0 bridgehead atoms. The van der Waals surface area contributed by atoms with Gasteiger partial charge in [0.1, 0.15) is 0 Å². The van der Waals surface area contributed by atoms with Crippen molar-refractivity contribution in [2.75, 3.05) is 32.7 Å². The van der Waals surface area contributed by atoms with Crippen LogP contribution < -0.4 is 11.4 Å². The van der Waals surface area contributed by atoms with Crippen molar-refractivity contribution in [3.8, 4) is 0 Å². The van der Waals surface area contributed by atoms with Crippen LogP contribution >= 0.6 is 0 Å². The number of nitrogens with two attached hydrogens (primary N) is 1. The predicted octanol–water partition coefficient (Wildman–Crippen LogP) is 0.116. The topological polar surface area (TPSA) is 70.8 Å². The van der Waals surface area contributed by atoms with Crippen molar-refractivity contribution in [3.63, 3.8) is 0 Å².